The molecule has 3 heteroatoms. The lowest BCUT2D eigenvalue weighted by atomic mass is 10.1. The van der Waals surface area contributed by atoms with Crippen molar-refractivity contribution in [3.63, 3.8) is 0 Å². The zero-order valence-corrected chi connectivity index (χ0v) is 11.6. The van der Waals surface area contributed by atoms with E-state index < -0.39 is 0 Å². The van der Waals surface area contributed by atoms with E-state index in [2.05, 4.69) is 17.9 Å². The highest BCUT2D eigenvalue weighted by molar-refractivity contribution is 5.95. The van der Waals surface area contributed by atoms with Crippen LogP contribution in [0.1, 0.15) is 25.5 Å². The third kappa shape index (κ3) is 1.84. The van der Waals surface area contributed by atoms with E-state index in [1.807, 2.05) is 29.8 Å². The molecule has 1 aromatic carbocycles. The summed E-state index contributed by atoms with van der Waals surface area (Å²) in [5.41, 5.74) is 2.55. The molecule has 1 saturated heterocycles. The fourth-order valence-electron chi connectivity index (χ4n) is 3.19. The summed E-state index contributed by atoms with van der Waals surface area (Å²) >= 11 is 0. The van der Waals surface area contributed by atoms with Crippen LogP contribution in [0.3, 0.4) is 0 Å². The van der Waals surface area contributed by atoms with E-state index in [1.165, 1.54) is 18.5 Å². The average Bonchev–Trinajstić information content (AvgIpc) is 2.96. The van der Waals surface area contributed by atoms with Gasteiger partial charge in [-0.15, -0.1) is 0 Å². The molecule has 0 radical (unpaired) electrons. The summed E-state index contributed by atoms with van der Waals surface area (Å²) in [5, 5.41) is 1.95. The highest BCUT2D eigenvalue weighted by Crippen LogP contribution is 2.31. The van der Waals surface area contributed by atoms with Crippen LogP contribution >= 0.6 is 0 Å². The molecular weight excluding hydrogens is 236 g/mol. The molecule has 0 saturated carbocycles. The minimum atomic E-state index is 0.121. The van der Waals surface area contributed by atoms with Gasteiger partial charge < -0.3 is 9.47 Å². The number of aromatic nitrogens is 1. The number of rotatable bonds is 2. The minimum Gasteiger partial charge on any atom is -0.370 e. The SMILES string of the molecule is CCc1c(N2CCCC2)c2ccccc2c(=O)n1C. The summed E-state index contributed by atoms with van der Waals surface area (Å²) in [7, 11) is 1.90. The number of hydrogen-bond acceptors (Lipinski definition) is 2. The second-order valence-electron chi connectivity index (χ2n) is 5.25. The summed E-state index contributed by atoms with van der Waals surface area (Å²) < 4.78 is 1.83. The molecule has 2 heterocycles. The van der Waals surface area contributed by atoms with Crippen LogP contribution in [-0.4, -0.2) is 17.7 Å². The average molecular weight is 256 g/mol. The second-order valence-corrected chi connectivity index (χ2v) is 5.25. The van der Waals surface area contributed by atoms with E-state index >= 15 is 0 Å². The normalized spacial score (nSPS) is 15.4. The Bertz CT molecular complexity index is 666. The Morgan fingerprint density at radius 2 is 1.74 bits per heavy atom. The van der Waals surface area contributed by atoms with Crippen molar-refractivity contribution in [3.8, 4) is 0 Å². The van der Waals surface area contributed by atoms with Gasteiger partial charge in [-0.1, -0.05) is 25.1 Å². The van der Waals surface area contributed by atoms with Crippen LogP contribution < -0.4 is 10.5 Å². The molecule has 0 bridgehead atoms. The molecule has 0 amide bonds. The highest BCUT2D eigenvalue weighted by atomic mass is 16.1. The third-order valence-corrected chi connectivity index (χ3v) is 4.15. The molecule has 1 aliphatic heterocycles. The Kier molecular flexibility index (Phi) is 3.05. The number of anilines is 1. The Hall–Kier alpha value is -1.77. The van der Waals surface area contributed by atoms with Crippen LogP contribution in [0, 0.1) is 0 Å². The summed E-state index contributed by atoms with van der Waals surface area (Å²) in [6.07, 6.45) is 3.39. The number of benzene rings is 1. The second kappa shape index (κ2) is 4.72. The maximum absolute atomic E-state index is 12.4. The molecule has 1 aliphatic rings. The maximum atomic E-state index is 12.4. The largest absolute Gasteiger partial charge is 0.370 e. The van der Waals surface area contributed by atoms with Gasteiger partial charge in [-0.2, -0.15) is 0 Å². The van der Waals surface area contributed by atoms with Gasteiger partial charge in [-0.3, -0.25) is 4.79 Å². The van der Waals surface area contributed by atoms with Crippen LogP contribution in [0.5, 0.6) is 0 Å². The number of fused-ring (bicyclic) bond motifs is 1. The number of nitrogens with zero attached hydrogens (tertiary/aromatic N) is 2. The lowest BCUT2D eigenvalue weighted by Crippen LogP contribution is -2.27. The molecule has 0 N–H and O–H groups in total. The molecule has 3 nitrogen and oxygen atoms in total. The van der Waals surface area contributed by atoms with Crippen molar-refractivity contribution in [2.45, 2.75) is 26.2 Å². The molecule has 100 valence electrons. The van der Waals surface area contributed by atoms with E-state index in [9.17, 15) is 4.79 Å². The summed E-state index contributed by atoms with van der Waals surface area (Å²) in [4.78, 5) is 14.9. The monoisotopic (exact) mass is 256 g/mol. The van der Waals surface area contributed by atoms with E-state index in [4.69, 9.17) is 0 Å². The van der Waals surface area contributed by atoms with Gasteiger partial charge in [0, 0.05) is 36.6 Å². The summed E-state index contributed by atoms with van der Waals surface area (Å²) in [5.74, 6) is 0. The van der Waals surface area contributed by atoms with Crippen molar-refractivity contribution in [2.75, 3.05) is 18.0 Å². The van der Waals surface area contributed by atoms with Crippen LogP contribution in [0.15, 0.2) is 29.1 Å². The maximum Gasteiger partial charge on any atom is 0.258 e. The Labute approximate surface area is 113 Å². The van der Waals surface area contributed by atoms with Crippen molar-refractivity contribution in [1.29, 1.82) is 0 Å². The van der Waals surface area contributed by atoms with Gasteiger partial charge in [0.2, 0.25) is 0 Å². The van der Waals surface area contributed by atoms with Crippen molar-refractivity contribution < 1.29 is 0 Å². The van der Waals surface area contributed by atoms with Gasteiger partial charge >= 0.3 is 0 Å². The smallest absolute Gasteiger partial charge is 0.258 e. The molecule has 1 aromatic heterocycles. The van der Waals surface area contributed by atoms with E-state index in [0.29, 0.717) is 0 Å². The van der Waals surface area contributed by atoms with Crippen molar-refractivity contribution in [2.24, 2.45) is 7.05 Å². The van der Waals surface area contributed by atoms with Gasteiger partial charge in [0.1, 0.15) is 0 Å². The van der Waals surface area contributed by atoms with Gasteiger partial charge in [0.15, 0.2) is 0 Å². The summed E-state index contributed by atoms with van der Waals surface area (Å²) in [6, 6.07) is 8.00. The Balaban J connectivity index is 2.39. The van der Waals surface area contributed by atoms with E-state index in [1.54, 1.807) is 0 Å². The first-order chi connectivity index (χ1) is 9.24. The van der Waals surface area contributed by atoms with Crippen molar-refractivity contribution in [1.82, 2.24) is 4.57 Å². The summed E-state index contributed by atoms with van der Waals surface area (Å²) in [6.45, 7) is 4.34. The first-order valence-corrected chi connectivity index (χ1v) is 7.09. The lowest BCUT2D eigenvalue weighted by Gasteiger charge is -2.25. The number of pyridine rings is 1. The standard InChI is InChI=1S/C16H20N2O/c1-3-14-15(18-10-6-7-11-18)12-8-4-5-9-13(12)16(19)17(14)2/h4-5,8-9H,3,6-7,10-11H2,1-2H3. The third-order valence-electron chi connectivity index (χ3n) is 4.15. The highest BCUT2D eigenvalue weighted by Gasteiger charge is 2.20. The molecule has 1 fully saturated rings. The molecule has 0 spiro atoms. The van der Waals surface area contributed by atoms with E-state index in [0.717, 1.165) is 36.0 Å². The fraction of sp³-hybridized carbons (Fsp3) is 0.438. The van der Waals surface area contributed by atoms with Crippen molar-refractivity contribution >= 4 is 16.5 Å². The van der Waals surface area contributed by atoms with E-state index in [-0.39, 0.29) is 5.56 Å². The van der Waals surface area contributed by atoms with Gasteiger partial charge in [-0.05, 0) is 25.3 Å². The predicted molar refractivity (Wildman–Crippen MR) is 80.0 cm³/mol. The van der Waals surface area contributed by atoms with Gasteiger partial charge in [0.05, 0.1) is 5.69 Å². The first kappa shape index (κ1) is 12.3. The molecule has 0 aliphatic carbocycles. The van der Waals surface area contributed by atoms with Gasteiger partial charge in [0.25, 0.3) is 5.56 Å². The van der Waals surface area contributed by atoms with Crippen LogP contribution in [0.25, 0.3) is 10.8 Å². The van der Waals surface area contributed by atoms with Gasteiger partial charge in [-0.25, -0.2) is 0 Å². The zero-order valence-electron chi connectivity index (χ0n) is 11.6. The molecular formula is C16H20N2O. The molecule has 0 unspecified atom stereocenters. The fourth-order valence-corrected chi connectivity index (χ4v) is 3.19. The Morgan fingerprint density at radius 1 is 1.11 bits per heavy atom. The molecule has 0 atom stereocenters. The molecule has 2 aromatic rings. The van der Waals surface area contributed by atoms with Crippen molar-refractivity contribution in [3.05, 3.63) is 40.3 Å². The minimum absolute atomic E-state index is 0.121. The number of hydrogen-bond donors (Lipinski definition) is 0. The topological polar surface area (TPSA) is 25.2 Å². The zero-order chi connectivity index (χ0) is 13.4. The quantitative estimate of drug-likeness (QED) is 0.825. The first-order valence-electron chi connectivity index (χ1n) is 7.09. The Morgan fingerprint density at radius 3 is 2.37 bits per heavy atom. The molecule has 19 heavy (non-hydrogen) atoms. The predicted octanol–water partition coefficient (Wildman–Crippen LogP) is 2.70. The van der Waals surface area contributed by atoms with Crippen LogP contribution in [0.2, 0.25) is 0 Å². The lowest BCUT2D eigenvalue weighted by molar-refractivity contribution is 0.780. The molecule has 3 rings (SSSR count). The van der Waals surface area contributed by atoms with Crippen LogP contribution in [-0.2, 0) is 13.5 Å². The van der Waals surface area contributed by atoms with Crippen LogP contribution in [0.4, 0.5) is 5.69 Å².